The molecule has 0 radical (unpaired) electrons. The molecule has 0 spiro atoms. The van der Waals surface area contributed by atoms with Gasteiger partial charge in [0.15, 0.2) is 0 Å². The molecule has 0 bridgehead atoms. The monoisotopic (exact) mass is 382 g/mol. The van der Waals surface area contributed by atoms with Crippen LogP contribution >= 0.6 is 0 Å². The molecule has 26 heavy (non-hydrogen) atoms. The first kappa shape index (κ1) is 20.7. The number of para-hydroxylation sites is 1. The van der Waals surface area contributed by atoms with Crippen molar-refractivity contribution >= 4 is 21.6 Å². The molecule has 0 heterocycles. The predicted molar refractivity (Wildman–Crippen MR) is 104 cm³/mol. The standard InChI is InChI=1S/C19H30N2O4S/c1-16-9-6-7-12-18(16)21(26(2,23)24)15-19(22)20-13-8-14-25-17-10-4-3-5-11-17/h6-7,9,12,17H,3-5,8,10-11,13-15H2,1-2H3,(H,20,22). The van der Waals surface area contributed by atoms with E-state index in [0.717, 1.165) is 35.4 Å². The van der Waals surface area contributed by atoms with E-state index in [-0.39, 0.29) is 12.5 Å². The number of carbonyl (C=O) groups excluding carboxylic acids is 1. The second-order valence-electron chi connectivity index (χ2n) is 6.89. The van der Waals surface area contributed by atoms with Crippen LogP contribution in [0, 0.1) is 6.92 Å². The fraction of sp³-hybridized carbons (Fsp3) is 0.632. The number of hydrogen-bond donors (Lipinski definition) is 1. The van der Waals surface area contributed by atoms with E-state index in [1.165, 1.54) is 19.3 Å². The molecule has 2 rings (SSSR count). The van der Waals surface area contributed by atoms with E-state index in [2.05, 4.69) is 5.32 Å². The molecular formula is C19H30N2O4S. The smallest absolute Gasteiger partial charge is 0.240 e. The maximum absolute atomic E-state index is 12.2. The summed E-state index contributed by atoms with van der Waals surface area (Å²) in [6, 6.07) is 7.14. The fourth-order valence-electron chi connectivity index (χ4n) is 3.19. The second kappa shape index (κ2) is 9.92. The van der Waals surface area contributed by atoms with E-state index in [1.54, 1.807) is 12.1 Å². The number of hydrogen-bond acceptors (Lipinski definition) is 4. The summed E-state index contributed by atoms with van der Waals surface area (Å²) in [6.45, 7) is 2.72. The van der Waals surface area contributed by atoms with Gasteiger partial charge in [-0.1, -0.05) is 37.5 Å². The van der Waals surface area contributed by atoms with Crippen molar-refractivity contribution in [2.75, 3.05) is 30.3 Å². The van der Waals surface area contributed by atoms with Gasteiger partial charge in [0.2, 0.25) is 15.9 Å². The Labute approximate surface area is 157 Å². The van der Waals surface area contributed by atoms with Crippen LogP contribution in [-0.4, -0.2) is 46.4 Å². The van der Waals surface area contributed by atoms with Crippen molar-refractivity contribution in [2.45, 2.75) is 51.6 Å². The average molecular weight is 383 g/mol. The molecule has 6 nitrogen and oxygen atoms in total. The molecule has 0 unspecified atom stereocenters. The maximum Gasteiger partial charge on any atom is 0.240 e. The maximum atomic E-state index is 12.2. The summed E-state index contributed by atoms with van der Waals surface area (Å²) in [5, 5.41) is 2.79. The fourth-order valence-corrected chi connectivity index (χ4v) is 4.11. The molecule has 1 N–H and O–H groups in total. The summed E-state index contributed by atoms with van der Waals surface area (Å²) in [5.41, 5.74) is 1.34. The Bertz CT molecular complexity index is 685. The second-order valence-corrected chi connectivity index (χ2v) is 8.80. The molecule has 1 aromatic rings. The van der Waals surface area contributed by atoms with E-state index < -0.39 is 10.0 Å². The zero-order valence-corrected chi connectivity index (χ0v) is 16.6. The van der Waals surface area contributed by atoms with E-state index in [0.29, 0.717) is 24.9 Å². The van der Waals surface area contributed by atoms with Gasteiger partial charge in [0, 0.05) is 13.2 Å². The number of carbonyl (C=O) groups is 1. The Morgan fingerprint density at radius 3 is 2.58 bits per heavy atom. The van der Waals surface area contributed by atoms with Gasteiger partial charge in [-0.2, -0.15) is 0 Å². The van der Waals surface area contributed by atoms with Crippen LogP contribution < -0.4 is 9.62 Å². The SMILES string of the molecule is Cc1ccccc1N(CC(=O)NCCCOC1CCCCC1)S(C)(=O)=O. The van der Waals surface area contributed by atoms with Gasteiger partial charge in [-0.3, -0.25) is 9.10 Å². The molecule has 1 saturated carbocycles. The van der Waals surface area contributed by atoms with Crippen LogP contribution in [0.3, 0.4) is 0 Å². The number of ether oxygens (including phenoxy) is 1. The Hall–Kier alpha value is -1.60. The Morgan fingerprint density at radius 1 is 1.23 bits per heavy atom. The highest BCUT2D eigenvalue weighted by atomic mass is 32.2. The van der Waals surface area contributed by atoms with Gasteiger partial charge in [0.05, 0.1) is 18.0 Å². The van der Waals surface area contributed by atoms with Crippen LogP contribution in [0.5, 0.6) is 0 Å². The van der Waals surface area contributed by atoms with E-state index >= 15 is 0 Å². The highest BCUT2D eigenvalue weighted by Gasteiger charge is 2.22. The summed E-state index contributed by atoms with van der Waals surface area (Å²) in [5.74, 6) is -0.309. The number of anilines is 1. The summed E-state index contributed by atoms with van der Waals surface area (Å²) in [4.78, 5) is 12.2. The lowest BCUT2D eigenvalue weighted by Gasteiger charge is -2.24. The zero-order valence-electron chi connectivity index (χ0n) is 15.7. The first-order valence-electron chi connectivity index (χ1n) is 9.29. The Kier molecular flexibility index (Phi) is 7.90. The predicted octanol–water partition coefficient (Wildman–Crippen LogP) is 2.62. The normalized spacial score (nSPS) is 15.6. The third-order valence-corrected chi connectivity index (χ3v) is 5.75. The van der Waals surface area contributed by atoms with Crippen LogP contribution in [0.15, 0.2) is 24.3 Å². The largest absolute Gasteiger partial charge is 0.378 e. The lowest BCUT2D eigenvalue weighted by atomic mass is 9.98. The van der Waals surface area contributed by atoms with E-state index in [4.69, 9.17) is 4.74 Å². The Balaban J connectivity index is 1.78. The van der Waals surface area contributed by atoms with Crippen LogP contribution in [0.25, 0.3) is 0 Å². The molecule has 1 fully saturated rings. The summed E-state index contributed by atoms with van der Waals surface area (Å²) < 4.78 is 31.2. The average Bonchev–Trinajstić information content (AvgIpc) is 2.60. The minimum absolute atomic E-state index is 0.215. The summed E-state index contributed by atoms with van der Waals surface area (Å²) >= 11 is 0. The van der Waals surface area contributed by atoms with Crippen LogP contribution in [0.4, 0.5) is 5.69 Å². The summed E-state index contributed by atoms with van der Waals surface area (Å²) in [7, 11) is -3.54. The van der Waals surface area contributed by atoms with Gasteiger partial charge in [-0.25, -0.2) is 8.42 Å². The number of sulfonamides is 1. The minimum Gasteiger partial charge on any atom is -0.378 e. The molecule has 1 amide bonds. The van der Waals surface area contributed by atoms with Crippen molar-refractivity contribution in [3.05, 3.63) is 29.8 Å². The van der Waals surface area contributed by atoms with Gasteiger partial charge < -0.3 is 10.1 Å². The highest BCUT2D eigenvalue weighted by Crippen LogP contribution is 2.22. The van der Waals surface area contributed by atoms with Gasteiger partial charge in [0.25, 0.3) is 0 Å². The van der Waals surface area contributed by atoms with Crippen molar-refractivity contribution in [3.63, 3.8) is 0 Å². The van der Waals surface area contributed by atoms with Crippen LogP contribution in [0.2, 0.25) is 0 Å². The molecule has 146 valence electrons. The van der Waals surface area contributed by atoms with Crippen LogP contribution in [0.1, 0.15) is 44.1 Å². The lowest BCUT2D eigenvalue weighted by molar-refractivity contribution is -0.119. The molecule has 0 aliphatic heterocycles. The Morgan fingerprint density at radius 2 is 1.92 bits per heavy atom. The molecule has 1 aliphatic rings. The number of nitrogens with zero attached hydrogens (tertiary/aromatic N) is 1. The van der Waals surface area contributed by atoms with Crippen molar-refractivity contribution in [2.24, 2.45) is 0 Å². The molecule has 0 aromatic heterocycles. The van der Waals surface area contributed by atoms with Crippen molar-refractivity contribution in [1.29, 1.82) is 0 Å². The van der Waals surface area contributed by atoms with E-state index in [9.17, 15) is 13.2 Å². The van der Waals surface area contributed by atoms with Crippen molar-refractivity contribution < 1.29 is 17.9 Å². The van der Waals surface area contributed by atoms with Gasteiger partial charge in [-0.05, 0) is 37.8 Å². The number of rotatable bonds is 9. The number of amides is 1. The minimum atomic E-state index is -3.54. The highest BCUT2D eigenvalue weighted by molar-refractivity contribution is 7.92. The van der Waals surface area contributed by atoms with Gasteiger partial charge in [-0.15, -0.1) is 0 Å². The van der Waals surface area contributed by atoms with Gasteiger partial charge >= 0.3 is 0 Å². The topological polar surface area (TPSA) is 75.7 Å². The van der Waals surface area contributed by atoms with Crippen LogP contribution in [-0.2, 0) is 19.6 Å². The van der Waals surface area contributed by atoms with Crippen molar-refractivity contribution in [3.8, 4) is 0 Å². The number of aryl methyl sites for hydroxylation is 1. The number of nitrogens with one attached hydrogen (secondary N) is 1. The third kappa shape index (κ3) is 6.61. The molecule has 0 atom stereocenters. The zero-order chi connectivity index (χ0) is 19.0. The quantitative estimate of drug-likeness (QED) is 0.666. The third-order valence-electron chi connectivity index (χ3n) is 4.62. The van der Waals surface area contributed by atoms with Gasteiger partial charge in [0.1, 0.15) is 6.54 Å². The van der Waals surface area contributed by atoms with Crippen molar-refractivity contribution in [1.82, 2.24) is 5.32 Å². The summed E-state index contributed by atoms with van der Waals surface area (Å²) in [6.07, 6.45) is 8.24. The van der Waals surface area contributed by atoms with E-state index in [1.807, 2.05) is 19.1 Å². The molecular weight excluding hydrogens is 352 g/mol. The first-order chi connectivity index (χ1) is 12.4. The number of benzene rings is 1. The molecule has 1 aliphatic carbocycles. The molecule has 0 saturated heterocycles. The molecule has 7 heteroatoms. The first-order valence-corrected chi connectivity index (χ1v) is 11.1. The molecule has 1 aromatic carbocycles. The lowest BCUT2D eigenvalue weighted by Crippen LogP contribution is -2.41.